The molecule has 3 rings (SSSR count). The summed E-state index contributed by atoms with van der Waals surface area (Å²) in [5, 5.41) is 28.9. The van der Waals surface area contributed by atoms with Gasteiger partial charge < -0.3 is 19.7 Å². The van der Waals surface area contributed by atoms with Crippen LogP contribution in [0.15, 0.2) is 45.6 Å². The number of benzene rings is 2. The zero-order chi connectivity index (χ0) is 15.1. The van der Waals surface area contributed by atoms with Gasteiger partial charge in [-0.2, -0.15) is 0 Å². The topological polar surface area (TPSA) is 90.9 Å². The third kappa shape index (κ3) is 2.08. The van der Waals surface area contributed by atoms with Crippen molar-refractivity contribution in [2.45, 2.75) is 6.92 Å². The van der Waals surface area contributed by atoms with E-state index in [1.807, 2.05) is 0 Å². The van der Waals surface area contributed by atoms with Crippen molar-refractivity contribution in [2.24, 2.45) is 0 Å². The quantitative estimate of drug-likeness (QED) is 0.639. The predicted molar refractivity (Wildman–Crippen MR) is 77.7 cm³/mol. The minimum absolute atomic E-state index is 0.0350. The van der Waals surface area contributed by atoms with E-state index in [2.05, 4.69) is 0 Å². The summed E-state index contributed by atoms with van der Waals surface area (Å²) in [6.45, 7) is 1.60. The van der Waals surface area contributed by atoms with E-state index in [1.165, 1.54) is 18.2 Å². The van der Waals surface area contributed by atoms with E-state index < -0.39 is 5.43 Å². The Morgan fingerprint density at radius 1 is 0.952 bits per heavy atom. The van der Waals surface area contributed by atoms with Gasteiger partial charge in [0.15, 0.2) is 5.43 Å². The summed E-state index contributed by atoms with van der Waals surface area (Å²) in [4.78, 5) is 12.2. The molecule has 0 aliphatic rings. The van der Waals surface area contributed by atoms with E-state index in [-0.39, 0.29) is 28.2 Å². The molecule has 0 spiro atoms. The van der Waals surface area contributed by atoms with Crippen molar-refractivity contribution in [3.63, 3.8) is 0 Å². The third-order valence-corrected chi connectivity index (χ3v) is 3.35. The maximum atomic E-state index is 12.2. The lowest BCUT2D eigenvalue weighted by atomic mass is 10.1. The molecule has 106 valence electrons. The lowest BCUT2D eigenvalue weighted by Gasteiger charge is -2.08. The molecule has 5 nitrogen and oxygen atoms in total. The molecule has 0 radical (unpaired) electrons. The second kappa shape index (κ2) is 4.56. The van der Waals surface area contributed by atoms with E-state index in [0.29, 0.717) is 16.9 Å². The molecule has 1 heterocycles. The summed E-state index contributed by atoms with van der Waals surface area (Å²) in [6.07, 6.45) is 0. The molecule has 1 aromatic heterocycles. The Labute approximate surface area is 119 Å². The molecule has 3 N–H and O–H groups in total. The van der Waals surface area contributed by atoms with Crippen LogP contribution in [-0.4, -0.2) is 15.3 Å². The first-order chi connectivity index (χ1) is 9.97. The molecule has 3 aromatic rings. The molecular weight excluding hydrogens is 272 g/mol. The minimum atomic E-state index is -0.403. The first-order valence-electron chi connectivity index (χ1n) is 6.26. The van der Waals surface area contributed by atoms with Gasteiger partial charge in [-0.1, -0.05) is 0 Å². The summed E-state index contributed by atoms with van der Waals surface area (Å²) in [5.41, 5.74) is 0.720. The minimum Gasteiger partial charge on any atom is -0.508 e. The fraction of sp³-hybridized carbons (Fsp3) is 0.0625. The normalized spacial score (nSPS) is 10.9. The monoisotopic (exact) mass is 284 g/mol. The number of phenolic OH excluding ortho intramolecular Hbond substituents is 3. The van der Waals surface area contributed by atoms with E-state index in [9.17, 15) is 20.1 Å². The van der Waals surface area contributed by atoms with Gasteiger partial charge >= 0.3 is 0 Å². The van der Waals surface area contributed by atoms with Crippen molar-refractivity contribution in [1.82, 2.24) is 0 Å². The van der Waals surface area contributed by atoms with E-state index >= 15 is 0 Å². The molecule has 5 heteroatoms. The fourth-order valence-corrected chi connectivity index (χ4v) is 2.19. The van der Waals surface area contributed by atoms with Gasteiger partial charge in [0.1, 0.15) is 34.0 Å². The maximum Gasteiger partial charge on any atom is 0.197 e. The highest BCUT2D eigenvalue weighted by Gasteiger charge is 2.15. The maximum absolute atomic E-state index is 12.2. The highest BCUT2D eigenvalue weighted by atomic mass is 16.3. The van der Waals surface area contributed by atoms with Crippen LogP contribution in [0.4, 0.5) is 0 Å². The van der Waals surface area contributed by atoms with E-state index in [1.54, 1.807) is 19.1 Å². The summed E-state index contributed by atoms with van der Waals surface area (Å²) < 4.78 is 5.66. The second-order valence-electron chi connectivity index (χ2n) is 4.77. The summed E-state index contributed by atoms with van der Waals surface area (Å²) >= 11 is 0. The number of hydrogen-bond donors (Lipinski definition) is 3. The summed E-state index contributed by atoms with van der Waals surface area (Å²) in [6, 6.07) is 8.56. The first kappa shape index (κ1) is 13.1. The number of aryl methyl sites for hydroxylation is 1. The molecule has 2 aromatic carbocycles. The van der Waals surface area contributed by atoms with Crippen molar-refractivity contribution >= 4 is 11.0 Å². The largest absolute Gasteiger partial charge is 0.508 e. The van der Waals surface area contributed by atoms with Gasteiger partial charge in [0.2, 0.25) is 0 Å². The Hall–Kier alpha value is -2.95. The Bertz CT molecular complexity index is 891. The zero-order valence-electron chi connectivity index (χ0n) is 11.1. The Morgan fingerprint density at radius 2 is 1.62 bits per heavy atom. The Kier molecular flexibility index (Phi) is 2.83. The smallest absolute Gasteiger partial charge is 0.197 e. The Morgan fingerprint density at radius 3 is 2.29 bits per heavy atom. The average molecular weight is 284 g/mol. The molecule has 0 unspecified atom stereocenters. The van der Waals surface area contributed by atoms with Gasteiger partial charge in [0.05, 0.1) is 0 Å². The molecule has 0 aliphatic carbocycles. The van der Waals surface area contributed by atoms with Crippen LogP contribution in [0, 0.1) is 6.92 Å². The number of rotatable bonds is 1. The molecule has 0 amide bonds. The van der Waals surface area contributed by atoms with Crippen molar-refractivity contribution in [3.8, 4) is 28.6 Å². The predicted octanol–water partition coefficient (Wildman–Crippen LogP) is 2.89. The van der Waals surface area contributed by atoms with Crippen molar-refractivity contribution in [1.29, 1.82) is 0 Å². The number of aromatic hydroxyl groups is 3. The summed E-state index contributed by atoms with van der Waals surface area (Å²) in [7, 11) is 0. The van der Waals surface area contributed by atoms with Crippen molar-refractivity contribution in [3.05, 3.63) is 52.2 Å². The lowest BCUT2D eigenvalue weighted by Crippen LogP contribution is -2.01. The van der Waals surface area contributed by atoms with Crippen LogP contribution in [-0.2, 0) is 0 Å². The van der Waals surface area contributed by atoms with Gasteiger partial charge in [-0.25, -0.2) is 0 Å². The number of phenols is 3. The van der Waals surface area contributed by atoms with Gasteiger partial charge in [-0.05, 0) is 31.2 Å². The standard InChI is InChI=1S/C16H12O5/c1-8-11(18)6-12(19)15-13(20)7-14(21-16(8)15)9-2-4-10(17)5-3-9/h2-7,17-19H,1H3. The summed E-state index contributed by atoms with van der Waals surface area (Å²) in [5.74, 6) is -0.0703. The molecule has 0 saturated carbocycles. The highest BCUT2D eigenvalue weighted by Crippen LogP contribution is 2.34. The first-order valence-corrected chi connectivity index (χ1v) is 6.26. The van der Waals surface area contributed by atoms with Crippen LogP contribution in [0.25, 0.3) is 22.3 Å². The molecule has 0 aliphatic heterocycles. The van der Waals surface area contributed by atoms with E-state index in [4.69, 9.17) is 4.42 Å². The highest BCUT2D eigenvalue weighted by molar-refractivity contribution is 5.88. The third-order valence-electron chi connectivity index (χ3n) is 3.35. The zero-order valence-corrected chi connectivity index (χ0v) is 11.1. The molecule has 0 saturated heterocycles. The molecule has 0 fully saturated rings. The second-order valence-corrected chi connectivity index (χ2v) is 4.77. The molecular formula is C16H12O5. The van der Waals surface area contributed by atoms with Gasteiger partial charge in [0.25, 0.3) is 0 Å². The van der Waals surface area contributed by atoms with Crippen LogP contribution < -0.4 is 5.43 Å². The van der Waals surface area contributed by atoms with Gasteiger partial charge in [-0.15, -0.1) is 0 Å². The number of fused-ring (bicyclic) bond motifs is 1. The fourth-order valence-electron chi connectivity index (χ4n) is 2.19. The van der Waals surface area contributed by atoms with Crippen LogP contribution in [0.2, 0.25) is 0 Å². The van der Waals surface area contributed by atoms with Gasteiger partial charge in [0, 0.05) is 23.3 Å². The Balaban J connectivity index is 2.35. The SMILES string of the molecule is Cc1c(O)cc(O)c2c(=O)cc(-c3ccc(O)cc3)oc12. The van der Waals surface area contributed by atoms with Crippen molar-refractivity contribution in [2.75, 3.05) is 0 Å². The molecule has 0 atom stereocenters. The average Bonchev–Trinajstić information content (AvgIpc) is 2.44. The molecule has 21 heavy (non-hydrogen) atoms. The van der Waals surface area contributed by atoms with Crippen molar-refractivity contribution < 1.29 is 19.7 Å². The van der Waals surface area contributed by atoms with E-state index in [0.717, 1.165) is 6.07 Å². The van der Waals surface area contributed by atoms with Crippen LogP contribution >= 0.6 is 0 Å². The van der Waals surface area contributed by atoms with Crippen LogP contribution in [0.3, 0.4) is 0 Å². The molecule has 0 bridgehead atoms. The van der Waals surface area contributed by atoms with Gasteiger partial charge in [-0.3, -0.25) is 4.79 Å². The lowest BCUT2D eigenvalue weighted by molar-refractivity contribution is 0.449. The number of hydrogen-bond acceptors (Lipinski definition) is 5. The van der Waals surface area contributed by atoms with Crippen LogP contribution in [0.5, 0.6) is 17.2 Å². The van der Waals surface area contributed by atoms with Crippen LogP contribution in [0.1, 0.15) is 5.56 Å².